The van der Waals surface area contributed by atoms with Crippen LogP contribution in [0.2, 0.25) is 0 Å². The number of nitrogens with two attached hydrogens (primary N) is 1. The fraction of sp³-hybridized carbons (Fsp3) is 0.545. The number of H-pyrrole nitrogens is 1. The molecule has 1 heterocycles. The lowest BCUT2D eigenvalue weighted by molar-refractivity contribution is 0.0923. The van der Waals surface area contributed by atoms with Crippen LogP contribution in [0.15, 0.2) is 12.3 Å². The van der Waals surface area contributed by atoms with Gasteiger partial charge in [-0.05, 0) is 18.9 Å². The Labute approximate surface area is 89.2 Å². The minimum atomic E-state index is -0.0430. The van der Waals surface area contributed by atoms with Crippen LogP contribution in [0.4, 0.5) is 5.69 Å². The molecule has 1 aliphatic carbocycles. The van der Waals surface area contributed by atoms with Crippen molar-refractivity contribution in [1.82, 2.24) is 10.3 Å². The number of nitrogen functional groups attached to an aromatic ring is 1. The maximum atomic E-state index is 11.7. The third kappa shape index (κ3) is 2.52. The fourth-order valence-corrected chi connectivity index (χ4v) is 2.05. The van der Waals surface area contributed by atoms with Crippen molar-refractivity contribution < 1.29 is 4.79 Å². The second kappa shape index (κ2) is 4.38. The van der Waals surface area contributed by atoms with E-state index in [1.807, 2.05) is 0 Å². The van der Waals surface area contributed by atoms with Crippen molar-refractivity contribution in [3.8, 4) is 0 Å². The Morgan fingerprint density at radius 3 is 2.73 bits per heavy atom. The van der Waals surface area contributed by atoms with Gasteiger partial charge >= 0.3 is 0 Å². The van der Waals surface area contributed by atoms with Gasteiger partial charge in [0.25, 0.3) is 5.91 Å². The molecule has 1 aromatic heterocycles. The van der Waals surface area contributed by atoms with Gasteiger partial charge in [-0.15, -0.1) is 0 Å². The van der Waals surface area contributed by atoms with E-state index in [2.05, 4.69) is 10.3 Å². The van der Waals surface area contributed by atoms with Gasteiger partial charge in [-0.2, -0.15) is 0 Å². The van der Waals surface area contributed by atoms with Crippen LogP contribution in [-0.2, 0) is 0 Å². The molecule has 0 bridgehead atoms. The Kier molecular flexibility index (Phi) is 2.94. The summed E-state index contributed by atoms with van der Waals surface area (Å²) >= 11 is 0. The molecule has 0 aliphatic heterocycles. The highest BCUT2D eigenvalue weighted by Gasteiger charge is 2.17. The predicted octanol–water partition coefficient (Wildman–Crippen LogP) is 1.66. The Bertz CT molecular complexity index is 339. The van der Waals surface area contributed by atoms with Crippen molar-refractivity contribution >= 4 is 11.6 Å². The summed E-state index contributed by atoms with van der Waals surface area (Å²) in [6, 6.07) is 2.01. The fourth-order valence-electron chi connectivity index (χ4n) is 2.05. The minimum Gasteiger partial charge on any atom is -0.397 e. The largest absolute Gasteiger partial charge is 0.397 e. The van der Waals surface area contributed by atoms with Gasteiger partial charge in [-0.1, -0.05) is 19.3 Å². The summed E-state index contributed by atoms with van der Waals surface area (Å²) in [6.07, 6.45) is 7.57. The van der Waals surface area contributed by atoms with Gasteiger partial charge in [0.05, 0.1) is 0 Å². The predicted molar refractivity (Wildman–Crippen MR) is 59.5 cm³/mol. The van der Waals surface area contributed by atoms with E-state index in [-0.39, 0.29) is 5.91 Å². The zero-order valence-electron chi connectivity index (χ0n) is 8.75. The van der Waals surface area contributed by atoms with Crippen molar-refractivity contribution in [3.63, 3.8) is 0 Å². The van der Waals surface area contributed by atoms with Crippen LogP contribution < -0.4 is 11.1 Å². The van der Waals surface area contributed by atoms with Crippen molar-refractivity contribution in [3.05, 3.63) is 18.0 Å². The summed E-state index contributed by atoms with van der Waals surface area (Å²) in [5.74, 6) is -0.0430. The van der Waals surface area contributed by atoms with Gasteiger partial charge in [0, 0.05) is 17.9 Å². The number of rotatable bonds is 2. The number of aromatic amines is 1. The molecule has 1 fully saturated rings. The molecule has 0 radical (unpaired) electrons. The highest BCUT2D eigenvalue weighted by molar-refractivity contribution is 5.93. The molecular weight excluding hydrogens is 190 g/mol. The van der Waals surface area contributed by atoms with Crippen LogP contribution in [0, 0.1) is 0 Å². The molecule has 1 aromatic rings. The van der Waals surface area contributed by atoms with Crippen LogP contribution in [0.3, 0.4) is 0 Å². The Morgan fingerprint density at radius 1 is 1.40 bits per heavy atom. The molecule has 4 N–H and O–H groups in total. The summed E-state index contributed by atoms with van der Waals surface area (Å²) in [5, 5.41) is 3.02. The van der Waals surface area contributed by atoms with Gasteiger partial charge < -0.3 is 16.0 Å². The number of carbonyl (C=O) groups excluding carboxylic acids is 1. The number of amides is 1. The zero-order valence-corrected chi connectivity index (χ0v) is 8.75. The van der Waals surface area contributed by atoms with E-state index in [0.29, 0.717) is 17.4 Å². The molecule has 2 rings (SSSR count). The average Bonchev–Trinajstić information content (AvgIpc) is 2.66. The molecule has 1 aliphatic rings. The van der Waals surface area contributed by atoms with Gasteiger partial charge in [0.15, 0.2) is 0 Å². The summed E-state index contributed by atoms with van der Waals surface area (Å²) < 4.78 is 0. The quantitative estimate of drug-likeness (QED) is 0.690. The Hall–Kier alpha value is -1.45. The van der Waals surface area contributed by atoms with Gasteiger partial charge in [0.1, 0.15) is 5.69 Å². The molecule has 82 valence electrons. The normalized spacial score (nSPS) is 17.6. The maximum Gasteiger partial charge on any atom is 0.267 e. The van der Waals surface area contributed by atoms with Gasteiger partial charge in [-0.3, -0.25) is 4.79 Å². The van der Waals surface area contributed by atoms with E-state index >= 15 is 0 Å². The van der Waals surface area contributed by atoms with E-state index in [9.17, 15) is 4.79 Å². The van der Waals surface area contributed by atoms with E-state index in [1.54, 1.807) is 12.3 Å². The van der Waals surface area contributed by atoms with E-state index in [0.717, 1.165) is 12.8 Å². The first-order valence-electron chi connectivity index (χ1n) is 5.50. The SMILES string of the molecule is Nc1c[nH]c(C(=O)NC2CCCCC2)c1. The van der Waals surface area contributed by atoms with Crippen molar-refractivity contribution in [2.75, 3.05) is 5.73 Å². The lowest BCUT2D eigenvalue weighted by atomic mass is 9.95. The second-order valence-electron chi connectivity index (χ2n) is 4.16. The van der Waals surface area contributed by atoms with Crippen LogP contribution in [-0.4, -0.2) is 16.9 Å². The van der Waals surface area contributed by atoms with Crippen molar-refractivity contribution in [2.45, 2.75) is 38.1 Å². The van der Waals surface area contributed by atoms with Crippen LogP contribution in [0.1, 0.15) is 42.6 Å². The topological polar surface area (TPSA) is 70.9 Å². The van der Waals surface area contributed by atoms with Gasteiger partial charge in [-0.25, -0.2) is 0 Å². The monoisotopic (exact) mass is 207 g/mol. The number of hydrogen-bond donors (Lipinski definition) is 3. The van der Waals surface area contributed by atoms with Gasteiger partial charge in [0.2, 0.25) is 0 Å². The van der Waals surface area contributed by atoms with E-state index in [1.165, 1.54) is 19.3 Å². The summed E-state index contributed by atoms with van der Waals surface area (Å²) in [7, 11) is 0. The number of carbonyl (C=O) groups is 1. The minimum absolute atomic E-state index is 0.0430. The first-order chi connectivity index (χ1) is 7.25. The summed E-state index contributed by atoms with van der Waals surface area (Å²) in [6.45, 7) is 0. The molecule has 0 spiro atoms. The van der Waals surface area contributed by atoms with Crippen molar-refractivity contribution in [1.29, 1.82) is 0 Å². The third-order valence-electron chi connectivity index (χ3n) is 2.89. The molecular formula is C11H17N3O. The molecule has 4 heteroatoms. The first kappa shape index (κ1) is 10.1. The van der Waals surface area contributed by atoms with Crippen LogP contribution >= 0.6 is 0 Å². The maximum absolute atomic E-state index is 11.7. The smallest absolute Gasteiger partial charge is 0.267 e. The summed E-state index contributed by atoms with van der Waals surface area (Å²) in [5.41, 5.74) is 6.69. The second-order valence-corrected chi connectivity index (χ2v) is 4.16. The molecule has 1 saturated carbocycles. The van der Waals surface area contributed by atoms with E-state index < -0.39 is 0 Å². The lowest BCUT2D eigenvalue weighted by Gasteiger charge is -2.22. The molecule has 0 aromatic carbocycles. The molecule has 4 nitrogen and oxygen atoms in total. The highest BCUT2D eigenvalue weighted by atomic mass is 16.1. The molecule has 0 unspecified atom stereocenters. The first-order valence-corrected chi connectivity index (χ1v) is 5.50. The standard InChI is InChI=1S/C11H17N3O/c12-8-6-10(13-7-8)11(15)14-9-4-2-1-3-5-9/h6-7,9,13H,1-5,12H2,(H,14,15). The summed E-state index contributed by atoms with van der Waals surface area (Å²) in [4.78, 5) is 14.6. The van der Waals surface area contributed by atoms with Crippen LogP contribution in [0.25, 0.3) is 0 Å². The number of hydrogen-bond acceptors (Lipinski definition) is 2. The van der Waals surface area contributed by atoms with Crippen molar-refractivity contribution in [2.24, 2.45) is 0 Å². The Morgan fingerprint density at radius 2 is 2.13 bits per heavy atom. The van der Waals surface area contributed by atoms with E-state index in [4.69, 9.17) is 5.73 Å². The number of aromatic nitrogens is 1. The third-order valence-corrected chi connectivity index (χ3v) is 2.89. The molecule has 15 heavy (non-hydrogen) atoms. The zero-order chi connectivity index (χ0) is 10.7. The Balaban J connectivity index is 1.91. The highest BCUT2D eigenvalue weighted by Crippen LogP contribution is 2.17. The molecule has 1 amide bonds. The molecule has 0 saturated heterocycles. The van der Waals surface area contributed by atoms with Crippen LogP contribution in [0.5, 0.6) is 0 Å². The lowest BCUT2D eigenvalue weighted by Crippen LogP contribution is -2.36. The average molecular weight is 207 g/mol. The number of nitrogens with one attached hydrogen (secondary N) is 2. The molecule has 0 atom stereocenters. The number of anilines is 1.